The summed E-state index contributed by atoms with van der Waals surface area (Å²) in [6.07, 6.45) is 4.29. The Morgan fingerprint density at radius 3 is 3.00 bits per heavy atom. The molecule has 0 bridgehead atoms. The van der Waals surface area contributed by atoms with Crippen molar-refractivity contribution < 1.29 is 0 Å². The van der Waals surface area contributed by atoms with Crippen LogP contribution in [0.5, 0.6) is 0 Å². The molecule has 3 atom stereocenters. The van der Waals surface area contributed by atoms with Gasteiger partial charge in [-0.15, -0.1) is 0 Å². The van der Waals surface area contributed by atoms with E-state index < -0.39 is 0 Å². The maximum Gasteiger partial charge on any atom is 0.0534 e. The maximum absolute atomic E-state index is 4.46. The van der Waals surface area contributed by atoms with Crippen LogP contribution in [0.2, 0.25) is 0 Å². The van der Waals surface area contributed by atoms with Gasteiger partial charge in [0, 0.05) is 0 Å². The molecule has 9 heavy (non-hydrogen) atoms. The highest BCUT2D eigenvalue weighted by Gasteiger charge is 2.36. The van der Waals surface area contributed by atoms with Crippen molar-refractivity contribution in [1.82, 2.24) is 5.32 Å². The predicted octanol–water partition coefficient (Wildman–Crippen LogP) is 1.26. The molecular formula is C7H13NS. The normalized spacial score (nSPS) is 49.7. The molecule has 52 valence electrons. The second-order valence-corrected chi connectivity index (χ2v) is 3.76. The largest absolute Gasteiger partial charge is 0.305 e. The van der Waals surface area contributed by atoms with Crippen LogP contribution in [0.4, 0.5) is 0 Å². The molecule has 2 heteroatoms. The van der Waals surface area contributed by atoms with Crippen molar-refractivity contribution in [3.8, 4) is 0 Å². The second kappa shape index (κ2) is 2.17. The highest BCUT2D eigenvalue weighted by molar-refractivity contribution is 7.80. The molecule has 1 aliphatic heterocycles. The molecule has 2 aliphatic rings. The summed E-state index contributed by atoms with van der Waals surface area (Å²) in [6.45, 7) is 1.22. The van der Waals surface area contributed by atoms with Crippen molar-refractivity contribution in [3.63, 3.8) is 0 Å². The molecule has 2 rings (SSSR count). The van der Waals surface area contributed by atoms with Crippen molar-refractivity contribution in [2.24, 2.45) is 11.8 Å². The third-order valence-electron chi connectivity index (χ3n) is 2.71. The van der Waals surface area contributed by atoms with Gasteiger partial charge in [-0.05, 0) is 31.2 Å². The van der Waals surface area contributed by atoms with Gasteiger partial charge in [-0.3, -0.25) is 0 Å². The zero-order valence-corrected chi connectivity index (χ0v) is 6.40. The summed E-state index contributed by atoms with van der Waals surface area (Å²) in [5, 5.41) is 3.90. The maximum atomic E-state index is 4.46. The van der Waals surface area contributed by atoms with E-state index in [0.29, 0.717) is 5.37 Å². The minimum atomic E-state index is 0.512. The van der Waals surface area contributed by atoms with Crippen molar-refractivity contribution in [2.45, 2.75) is 24.6 Å². The quantitative estimate of drug-likeness (QED) is 0.486. The Kier molecular flexibility index (Phi) is 1.46. The van der Waals surface area contributed by atoms with E-state index >= 15 is 0 Å². The molecule has 2 unspecified atom stereocenters. The number of hydrogen-bond donors (Lipinski definition) is 2. The summed E-state index contributed by atoms with van der Waals surface area (Å²) in [4.78, 5) is 0. The highest BCUT2D eigenvalue weighted by Crippen LogP contribution is 2.38. The molecular weight excluding hydrogens is 130 g/mol. The average molecular weight is 143 g/mol. The van der Waals surface area contributed by atoms with E-state index in [-0.39, 0.29) is 0 Å². The standard InChI is InChI=1S/C7H13NS/c9-7-6-3-1-2-5(6)4-8-7/h5-9H,1-4H2/t5?,6?,7-/m0/s1. The van der Waals surface area contributed by atoms with E-state index in [1.54, 1.807) is 0 Å². The Bertz CT molecular complexity index is 115. The molecule has 0 aromatic rings. The van der Waals surface area contributed by atoms with Gasteiger partial charge in [-0.1, -0.05) is 6.42 Å². The van der Waals surface area contributed by atoms with E-state index in [1.807, 2.05) is 0 Å². The smallest absolute Gasteiger partial charge is 0.0534 e. The van der Waals surface area contributed by atoms with Crippen molar-refractivity contribution in [1.29, 1.82) is 0 Å². The topological polar surface area (TPSA) is 12.0 Å². The molecule has 0 spiro atoms. The van der Waals surface area contributed by atoms with Gasteiger partial charge in [-0.2, -0.15) is 12.6 Å². The van der Waals surface area contributed by atoms with Crippen LogP contribution in [0.3, 0.4) is 0 Å². The highest BCUT2D eigenvalue weighted by atomic mass is 32.1. The number of nitrogens with one attached hydrogen (secondary N) is 1. The molecule has 0 aromatic carbocycles. The van der Waals surface area contributed by atoms with E-state index in [9.17, 15) is 0 Å². The van der Waals surface area contributed by atoms with Gasteiger partial charge in [0.15, 0.2) is 0 Å². The lowest BCUT2D eigenvalue weighted by Crippen LogP contribution is -2.19. The summed E-state index contributed by atoms with van der Waals surface area (Å²) in [5.41, 5.74) is 0. The van der Waals surface area contributed by atoms with Gasteiger partial charge < -0.3 is 5.32 Å². The lowest BCUT2D eigenvalue weighted by molar-refractivity contribution is 0.481. The molecule has 1 aliphatic carbocycles. The number of fused-ring (bicyclic) bond motifs is 1. The van der Waals surface area contributed by atoms with Crippen LogP contribution in [0.1, 0.15) is 19.3 Å². The lowest BCUT2D eigenvalue weighted by Gasteiger charge is -2.10. The molecule has 0 radical (unpaired) electrons. The Morgan fingerprint density at radius 2 is 2.22 bits per heavy atom. The lowest BCUT2D eigenvalue weighted by atomic mass is 10.0. The zero-order chi connectivity index (χ0) is 6.27. The fourth-order valence-electron chi connectivity index (χ4n) is 2.16. The van der Waals surface area contributed by atoms with E-state index in [4.69, 9.17) is 0 Å². The van der Waals surface area contributed by atoms with E-state index in [1.165, 1.54) is 25.8 Å². The SMILES string of the molecule is S[C@@H]1NCC2CCCC21. The van der Waals surface area contributed by atoms with Crippen LogP contribution >= 0.6 is 12.6 Å². The molecule has 1 nitrogen and oxygen atoms in total. The number of hydrogen-bond acceptors (Lipinski definition) is 2. The molecule has 0 aromatic heterocycles. The van der Waals surface area contributed by atoms with Gasteiger partial charge in [-0.25, -0.2) is 0 Å². The predicted molar refractivity (Wildman–Crippen MR) is 41.6 cm³/mol. The van der Waals surface area contributed by atoms with Gasteiger partial charge in [0.1, 0.15) is 0 Å². The first-order valence-corrected chi connectivity index (χ1v) is 4.31. The Balaban J connectivity index is 2.07. The third kappa shape index (κ3) is 0.887. The molecule has 1 saturated heterocycles. The Labute approximate surface area is 61.6 Å². The van der Waals surface area contributed by atoms with Crippen LogP contribution in [0.25, 0.3) is 0 Å². The van der Waals surface area contributed by atoms with Crippen LogP contribution in [0.15, 0.2) is 0 Å². The van der Waals surface area contributed by atoms with Crippen LogP contribution in [0, 0.1) is 11.8 Å². The Morgan fingerprint density at radius 1 is 1.33 bits per heavy atom. The molecule has 2 fully saturated rings. The minimum Gasteiger partial charge on any atom is -0.305 e. The molecule has 0 amide bonds. The fraction of sp³-hybridized carbons (Fsp3) is 1.00. The first kappa shape index (κ1) is 6.05. The van der Waals surface area contributed by atoms with Gasteiger partial charge in [0.05, 0.1) is 5.37 Å². The summed E-state index contributed by atoms with van der Waals surface area (Å²) in [7, 11) is 0. The zero-order valence-electron chi connectivity index (χ0n) is 5.51. The average Bonchev–Trinajstić information content (AvgIpc) is 2.35. The van der Waals surface area contributed by atoms with Crippen molar-refractivity contribution in [3.05, 3.63) is 0 Å². The van der Waals surface area contributed by atoms with E-state index in [0.717, 1.165) is 11.8 Å². The monoisotopic (exact) mass is 143 g/mol. The fourth-order valence-corrected chi connectivity index (χ4v) is 2.66. The summed E-state index contributed by atoms with van der Waals surface area (Å²) in [5.74, 6) is 1.86. The van der Waals surface area contributed by atoms with Gasteiger partial charge >= 0.3 is 0 Å². The van der Waals surface area contributed by atoms with Gasteiger partial charge in [0.2, 0.25) is 0 Å². The van der Waals surface area contributed by atoms with Gasteiger partial charge in [0.25, 0.3) is 0 Å². The van der Waals surface area contributed by atoms with Crippen LogP contribution in [-0.4, -0.2) is 11.9 Å². The van der Waals surface area contributed by atoms with Crippen LogP contribution < -0.4 is 5.32 Å². The summed E-state index contributed by atoms with van der Waals surface area (Å²) < 4.78 is 0. The van der Waals surface area contributed by atoms with E-state index in [2.05, 4.69) is 17.9 Å². The van der Waals surface area contributed by atoms with Crippen LogP contribution in [-0.2, 0) is 0 Å². The van der Waals surface area contributed by atoms with Crippen molar-refractivity contribution in [2.75, 3.05) is 6.54 Å². The van der Waals surface area contributed by atoms with Crippen molar-refractivity contribution >= 4 is 12.6 Å². The second-order valence-electron chi connectivity index (χ2n) is 3.21. The number of thiol groups is 1. The first-order valence-electron chi connectivity index (χ1n) is 3.79. The minimum absolute atomic E-state index is 0.512. The molecule has 1 saturated carbocycles. The molecule has 1 heterocycles. The first-order chi connectivity index (χ1) is 4.38. The third-order valence-corrected chi connectivity index (χ3v) is 3.28. The summed E-state index contributed by atoms with van der Waals surface area (Å²) in [6, 6.07) is 0. The Hall–Kier alpha value is 0.310. The number of rotatable bonds is 0. The molecule has 1 N–H and O–H groups in total. The summed E-state index contributed by atoms with van der Waals surface area (Å²) >= 11 is 4.46.